The molecule has 2 aromatic heterocycles. The zero-order chi connectivity index (χ0) is 17.4. The smallest absolute Gasteiger partial charge is 0.329 e. The van der Waals surface area contributed by atoms with Crippen molar-refractivity contribution in [1.82, 2.24) is 19.5 Å². The molecule has 1 aromatic carbocycles. The molecule has 2 heterocycles. The Morgan fingerprint density at radius 2 is 1.88 bits per heavy atom. The van der Waals surface area contributed by atoms with E-state index < -0.39 is 0 Å². The van der Waals surface area contributed by atoms with Gasteiger partial charge in [-0.3, -0.25) is 9.55 Å². The molecule has 25 heavy (non-hydrogen) atoms. The number of aromatic amines is 1. The fraction of sp³-hybridized carbons (Fsp3) is 0.389. The highest BCUT2D eigenvalue weighted by atomic mass is 16.3. The van der Waals surface area contributed by atoms with Crippen molar-refractivity contribution in [3.05, 3.63) is 40.9 Å². The van der Waals surface area contributed by atoms with Crippen LogP contribution in [-0.4, -0.2) is 36.3 Å². The van der Waals surface area contributed by atoms with Crippen molar-refractivity contribution >= 4 is 11.3 Å². The molecule has 1 aliphatic carbocycles. The Balaban J connectivity index is 1.74. The van der Waals surface area contributed by atoms with Gasteiger partial charge in [0.15, 0.2) is 11.3 Å². The Morgan fingerprint density at radius 1 is 1.16 bits per heavy atom. The summed E-state index contributed by atoms with van der Waals surface area (Å²) in [6, 6.07) is 6.82. The molecule has 7 nitrogen and oxygen atoms in total. The number of benzene rings is 1. The first-order valence-corrected chi connectivity index (χ1v) is 8.53. The number of nitrogens with zero attached hydrogens (tertiary/aromatic N) is 3. The summed E-state index contributed by atoms with van der Waals surface area (Å²) in [6.45, 7) is 0.209. The summed E-state index contributed by atoms with van der Waals surface area (Å²) in [4.78, 5) is 24.2. The van der Waals surface area contributed by atoms with Crippen LogP contribution in [0.5, 0.6) is 5.75 Å². The van der Waals surface area contributed by atoms with Crippen LogP contribution >= 0.6 is 0 Å². The molecule has 1 aliphatic rings. The molecule has 1 saturated carbocycles. The molecule has 1 fully saturated rings. The number of nitrogens with one attached hydrogen (secondary N) is 1. The van der Waals surface area contributed by atoms with Crippen LogP contribution < -0.4 is 5.69 Å². The summed E-state index contributed by atoms with van der Waals surface area (Å²) in [5, 5.41) is 18.7. The second-order valence-corrected chi connectivity index (χ2v) is 6.63. The maximum atomic E-state index is 12.4. The molecule has 130 valence electrons. The van der Waals surface area contributed by atoms with Crippen molar-refractivity contribution in [2.24, 2.45) is 5.92 Å². The van der Waals surface area contributed by atoms with E-state index in [4.69, 9.17) is 0 Å². The zero-order valence-electron chi connectivity index (χ0n) is 13.7. The van der Waals surface area contributed by atoms with Gasteiger partial charge in [0.25, 0.3) is 0 Å². The molecule has 7 heteroatoms. The Kier molecular flexibility index (Phi) is 4.01. The fourth-order valence-corrected chi connectivity index (χ4v) is 3.59. The number of rotatable bonds is 3. The van der Waals surface area contributed by atoms with Gasteiger partial charge in [-0.1, -0.05) is 0 Å². The molecule has 0 aliphatic heterocycles. The Bertz CT molecular complexity index is 937. The van der Waals surface area contributed by atoms with E-state index in [9.17, 15) is 15.0 Å². The predicted octanol–water partition coefficient (Wildman–Crippen LogP) is 2.22. The number of phenols is 1. The topological polar surface area (TPSA) is 104 Å². The normalized spacial score (nSPS) is 20.8. The molecule has 0 saturated heterocycles. The minimum Gasteiger partial charge on any atom is -0.508 e. The molecular formula is C18H20N4O3. The fourth-order valence-electron chi connectivity index (χ4n) is 3.59. The molecule has 0 spiro atoms. The van der Waals surface area contributed by atoms with E-state index in [0.717, 1.165) is 31.2 Å². The summed E-state index contributed by atoms with van der Waals surface area (Å²) >= 11 is 0. The standard InChI is InChI=1S/C18H20N4O3/c23-10-11-1-5-13(6-2-11)22-17-16(21-18(22)25)19-9-15(20-17)12-3-7-14(24)8-4-12/h3-4,7-9,11,13,23-24H,1-2,5-6,10H2,(H,19,21,25)/t11-,13-. The van der Waals surface area contributed by atoms with Crippen molar-refractivity contribution in [2.75, 3.05) is 6.61 Å². The summed E-state index contributed by atoms with van der Waals surface area (Å²) < 4.78 is 1.71. The van der Waals surface area contributed by atoms with Gasteiger partial charge in [-0.25, -0.2) is 14.8 Å². The highest BCUT2D eigenvalue weighted by Gasteiger charge is 2.25. The number of hydrogen-bond donors (Lipinski definition) is 3. The number of H-pyrrole nitrogens is 1. The second-order valence-electron chi connectivity index (χ2n) is 6.63. The third-order valence-corrected chi connectivity index (χ3v) is 5.03. The van der Waals surface area contributed by atoms with Crippen molar-refractivity contribution in [2.45, 2.75) is 31.7 Å². The quantitative estimate of drug-likeness (QED) is 0.678. The Morgan fingerprint density at radius 3 is 2.56 bits per heavy atom. The van der Waals surface area contributed by atoms with E-state index in [1.54, 1.807) is 35.0 Å². The van der Waals surface area contributed by atoms with Crippen molar-refractivity contribution in [3.63, 3.8) is 0 Å². The lowest BCUT2D eigenvalue weighted by Crippen LogP contribution is -2.27. The first-order chi connectivity index (χ1) is 12.2. The van der Waals surface area contributed by atoms with Gasteiger partial charge in [0.1, 0.15) is 5.75 Å². The van der Waals surface area contributed by atoms with Crippen LogP contribution in [0.4, 0.5) is 0 Å². The van der Waals surface area contributed by atoms with Crippen LogP contribution in [0.3, 0.4) is 0 Å². The number of aromatic nitrogens is 4. The molecule has 3 aromatic rings. The number of phenolic OH excluding ortho intramolecular Hbond substituents is 1. The van der Waals surface area contributed by atoms with Crippen LogP contribution in [-0.2, 0) is 0 Å². The number of hydrogen-bond acceptors (Lipinski definition) is 5. The van der Waals surface area contributed by atoms with Crippen molar-refractivity contribution in [1.29, 1.82) is 0 Å². The summed E-state index contributed by atoms with van der Waals surface area (Å²) in [5.74, 6) is 0.521. The first kappa shape index (κ1) is 15.8. The molecule has 0 radical (unpaired) electrons. The minimum absolute atomic E-state index is 0.0772. The average Bonchev–Trinajstić information content (AvgIpc) is 2.97. The van der Waals surface area contributed by atoms with Gasteiger partial charge in [0, 0.05) is 18.2 Å². The van der Waals surface area contributed by atoms with E-state index >= 15 is 0 Å². The van der Waals surface area contributed by atoms with E-state index in [-0.39, 0.29) is 24.1 Å². The van der Waals surface area contributed by atoms with Gasteiger partial charge in [0.05, 0.1) is 11.9 Å². The van der Waals surface area contributed by atoms with Gasteiger partial charge in [-0.2, -0.15) is 0 Å². The summed E-state index contributed by atoms with van der Waals surface area (Å²) in [5.41, 5.74) is 2.34. The highest BCUT2D eigenvalue weighted by Crippen LogP contribution is 2.32. The number of aliphatic hydroxyl groups is 1. The SMILES string of the molecule is O=c1[nH]c2ncc(-c3ccc(O)cc3)nc2n1[C@H]1CC[C@H](CO)CC1. The molecule has 0 unspecified atom stereocenters. The number of fused-ring (bicyclic) bond motifs is 1. The predicted molar refractivity (Wildman–Crippen MR) is 93.3 cm³/mol. The number of aliphatic hydroxyl groups excluding tert-OH is 1. The molecule has 0 amide bonds. The summed E-state index contributed by atoms with van der Waals surface area (Å²) in [7, 11) is 0. The Hall–Kier alpha value is -2.67. The molecule has 3 N–H and O–H groups in total. The lowest BCUT2D eigenvalue weighted by atomic mass is 9.86. The third-order valence-electron chi connectivity index (χ3n) is 5.03. The van der Waals surface area contributed by atoms with E-state index in [1.807, 2.05) is 0 Å². The van der Waals surface area contributed by atoms with Crippen molar-refractivity contribution < 1.29 is 10.2 Å². The molecular weight excluding hydrogens is 320 g/mol. The van der Waals surface area contributed by atoms with Gasteiger partial charge in [-0.15, -0.1) is 0 Å². The van der Waals surface area contributed by atoms with Crippen LogP contribution in [0.1, 0.15) is 31.7 Å². The van der Waals surface area contributed by atoms with Crippen LogP contribution in [0.2, 0.25) is 0 Å². The van der Waals surface area contributed by atoms with E-state index in [0.29, 0.717) is 22.9 Å². The van der Waals surface area contributed by atoms with Crippen molar-refractivity contribution in [3.8, 4) is 17.0 Å². The molecule has 0 bridgehead atoms. The summed E-state index contributed by atoms with van der Waals surface area (Å²) in [6.07, 6.45) is 5.14. The zero-order valence-corrected chi connectivity index (χ0v) is 13.7. The van der Waals surface area contributed by atoms with E-state index in [2.05, 4.69) is 15.0 Å². The average molecular weight is 340 g/mol. The van der Waals surface area contributed by atoms with Crippen LogP contribution in [0.15, 0.2) is 35.3 Å². The molecule has 4 rings (SSSR count). The lowest BCUT2D eigenvalue weighted by Gasteiger charge is -2.27. The third kappa shape index (κ3) is 2.91. The Labute approximate surface area is 144 Å². The minimum atomic E-state index is -0.190. The maximum absolute atomic E-state index is 12.4. The number of aromatic hydroxyl groups is 1. The van der Waals surface area contributed by atoms with Crippen LogP contribution in [0, 0.1) is 5.92 Å². The van der Waals surface area contributed by atoms with Gasteiger partial charge in [0.2, 0.25) is 0 Å². The van der Waals surface area contributed by atoms with Crippen LogP contribution in [0.25, 0.3) is 22.6 Å². The first-order valence-electron chi connectivity index (χ1n) is 8.53. The monoisotopic (exact) mass is 340 g/mol. The van der Waals surface area contributed by atoms with Gasteiger partial charge in [-0.05, 0) is 55.9 Å². The van der Waals surface area contributed by atoms with Gasteiger partial charge < -0.3 is 10.2 Å². The van der Waals surface area contributed by atoms with Gasteiger partial charge >= 0.3 is 5.69 Å². The maximum Gasteiger partial charge on any atom is 0.329 e. The largest absolute Gasteiger partial charge is 0.508 e. The second kappa shape index (κ2) is 6.33. The highest BCUT2D eigenvalue weighted by molar-refractivity contribution is 5.71. The lowest BCUT2D eigenvalue weighted by molar-refractivity contribution is 0.169. The number of imidazole rings is 1. The van der Waals surface area contributed by atoms with E-state index in [1.165, 1.54) is 0 Å². The molecule has 0 atom stereocenters.